The van der Waals surface area contributed by atoms with E-state index in [1.165, 1.54) is 24.3 Å². The second kappa shape index (κ2) is 8.75. The topological polar surface area (TPSA) is 38.3 Å². The molecule has 0 heterocycles. The molecule has 0 aliphatic rings. The lowest BCUT2D eigenvalue weighted by atomic mass is 10.2. The van der Waals surface area contributed by atoms with Crippen LogP contribution in [0.15, 0.2) is 24.3 Å². The zero-order valence-electron chi connectivity index (χ0n) is 10.1. The summed E-state index contributed by atoms with van der Waals surface area (Å²) in [6.07, 6.45) is 3.35. The van der Waals surface area contributed by atoms with Crippen LogP contribution in [0.2, 0.25) is 0 Å². The highest BCUT2D eigenvalue weighted by Crippen LogP contribution is 2.08. The van der Waals surface area contributed by atoms with E-state index < -0.39 is 6.09 Å². The van der Waals surface area contributed by atoms with Crippen LogP contribution in [0.1, 0.15) is 25.7 Å². The van der Waals surface area contributed by atoms with Crippen LogP contribution in [0.4, 0.5) is 14.9 Å². The Balaban J connectivity index is 2.12. The summed E-state index contributed by atoms with van der Waals surface area (Å²) in [5.74, 6) is 0.333. The van der Waals surface area contributed by atoms with Gasteiger partial charge in [-0.05, 0) is 37.1 Å². The van der Waals surface area contributed by atoms with E-state index in [-0.39, 0.29) is 5.82 Å². The zero-order valence-corrected chi connectivity index (χ0v) is 10.9. The van der Waals surface area contributed by atoms with Crippen molar-refractivity contribution in [2.45, 2.75) is 25.7 Å². The zero-order chi connectivity index (χ0) is 13.2. The van der Waals surface area contributed by atoms with E-state index in [0.717, 1.165) is 25.7 Å². The molecule has 5 heteroatoms. The Labute approximate surface area is 111 Å². The van der Waals surface area contributed by atoms with Gasteiger partial charge in [-0.2, -0.15) is 0 Å². The molecule has 1 aromatic rings. The molecule has 0 spiro atoms. The largest absolute Gasteiger partial charge is 0.449 e. The number of amides is 1. The van der Waals surface area contributed by atoms with Crippen molar-refractivity contribution < 1.29 is 13.9 Å². The van der Waals surface area contributed by atoms with Gasteiger partial charge in [-0.3, -0.25) is 5.32 Å². The molecule has 0 aliphatic carbocycles. The average Bonchev–Trinajstić information content (AvgIpc) is 2.36. The Bertz CT molecular complexity index is 357. The van der Waals surface area contributed by atoms with Gasteiger partial charge < -0.3 is 4.74 Å². The number of alkyl halides is 1. The van der Waals surface area contributed by atoms with E-state index in [4.69, 9.17) is 16.3 Å². The van der Waals surface area contributed by atoms with Gasteiger partial charge in [0.25, 0.3) is 0 Å². The molecule has 0 saturated heterocycles. The molecule has 0 fully saturated rings. The second-order valence-corrected chi connectivity index (χ2v) is 4.25. The molecule has 0 bridgehead atoms. The van der Waals surface area contributed by atoms with Crippen molar-refractivity contribution in [1.82, 2.24) is 0 Å². The van der Waals surface area contributed by atoms with Crippen molar-refractivity contribution in [3.8, 4) is 0 Å². The van der Waals surface area contributed by atoms with Crippen molar-refractivity contribution in [3.63, 3.8) is 0 Å². The van der Waals surface area contributed by atoms with Crippen LogP contribution in [0.5, 0.6) is 0 Å². The summed E-state index contributed by atoms with van der Waals surface area (Å²) < 4.78 is 17.6. The lowest BCUT2D eigenvalue weighted by molar-refractivity contribution is 0.159. The third-order valence-electron chi connectivity index (χ3n) is 2.35. The molecule has 0 atom stereocenters. The standard InChI is InChI=1S/C13H17ClFNO2/c14-9-3-1-2-4-10-18-13(17)16-12-7-5-11(15)6-8-12/h5-8H,1-4,9-10H2,(H,16,17). The van der Waals surface area contributed by atoms with E-state index in [1.807, 2.05) is 0 Å². The molecule has 0 saturated carbocycles. The first-order chi connectivity index (χ1) is 8.72. The molecule has 18 heavy (non-hydrogen) atoms. The average molecular weight is 274 g/mol. The third kappa shape index (κ3) is 6.45. The summed E-state index contributed by atoms with van der Waals surface area (Å²) in [5, 5.41) is 2.52. The minimum atomic E-state index is -0.515. The number of hydrogen-bond donors (Lipinski definition) is 1. The number of anilines is 1. The fourth-order valence-corrected chi connectivity index (χ4v) is 1.59. The number of nitrogens with one attached hydrogen (secondary N) is 1. The van der Waals surface area contributed by atoms with E-state index in [1.54, 1.807) is 0 Å². The Kier molecular flexibility index (Phi) is 7.18. The normalized spacial score (nSPS) is 10.1. The number of carbonyl (C=O) groups is 1. The maximum absolute atomic E-state index is 12.6. The first-order valence-electron chi connectivity index (χ1n) is 5.97. The molecule has 0 aliphatic heterocycles. The van der Waals surface area contributed by atoms with Crippen molar-refractivity contribution in [2.75, 3.05) is 17.8 Å². The molecular weight excluding hydrogens is 257 g/mol. The number of ether oxygens (including phenoxy) is 1. The lowest BCUT2D eigenvalue weighted by Gasteiger charge is -2.06. The fraction of sp³-hybridized carbons (Fsp3) is 0.462. The smallest absolute Gasteiger partial charge is 0.411 e. The molecule has 1 amide bonds. The molecule has 0 radical (unpaired) electrons. The Hall–Kier alpha value is -1.29. The van der Waals surface area contributed by atoms with Gasteiger partial charge in [0.2, 0.25) is 0 Å². The highest BCUT2D eigenvalue weighted by molar-refractivity contribution is 6.17. The van der Waals surface area contributed by atoms with Crippen LogP contribution in [0, 0.1) is 5.82 Å². The maximum Gasteiger partial charge on any atom is 0.411 e. The molecule has 1 rings (SSSR count). The Morgan fingerprint density at radius 1 is 1.17 bits per heavy atom. The summed E-state index contributed by atoms with van der Waals surface area (Å²) in [7, 11) is 0. The minimum absolute atomic E-state index is 0.340. The van der Waals surface area contributed by atoms with Crippen LogP contribution in [-0.2, 0) is 4.74 Å². The number of carbonyl (C=O) groups excluding carboxylic acids is 1. The number of unbranched alkanes of at least 4 members (excludes halogenated alkanes) is 3. The summed E-state index contributed by atoms with van der Waals surface area (Å²) in [5.41, 5.74) is 0.517. The first-order valence-corrected chi connectivity index (χ1v) is 6.51. The van der Waals surface area contributed by atoms with Crippen molar-refractivity contribution in [2.24, 2.45) is 0 Å². The molecule has 1 aromatic carbocycles. The number of halogens is 2. The van der Waals surface area contributed by atoms with Crippen LogP contribution >= 0.6 is 11.6 Å². The Morgan fingerprint density at radius 3 is 2.50 bits per heavy atom. The van der Waals surface area contributed by atoms with Crippen LogP contribution in [0.3, 0.4) is 0 Å². The minimum Gasteiger partial charge on any atom is -0.449 e. The quantitative estimate of drug-likeness (QED) is 0.598. The number of benzene rings is 1. The molecular formula is C13H17ClFNO2. The summed E-state index contributed by atoms with van der Waals surface area (Å²) in [4.78, 5) is 11.3. The summed E-state index contributed by atoms with van der Waals surface area (Å²) in [6.45, 7) is 0.384. The SMILES string of the molecule is O=C(Nc1ccc(F)cc1)OCCCCCCCl. The van der Waals surface area contributed by atoms with E-state index in [0.29, 0.717) is 18.2 Å². The van der Waals surface area contributed by atoms with Gasteiger partial charge >= 0.3 is 6.09 Å². The van der Waals surface area contributed by atoms with E-state index >= 15 is 0 Å². The van der Waals surface area contributed by atoms with E-state index in [2.05, 4.69) is 5.32 Å². The van der Waals surface area contributed by atoms with Gasteiger partial charge in [-0.1, -0.05) is 12.8 Å². The lowest BCUT2D eigenvalue weighted by Crippen LogP contribution is -2.14. The second-order valence-electron chi connectivity index (χ2n) is 3.87. The molecule has 0 unspecified atom stereocenters. The van der Waals surface area contributed by atoms with Crippen molar-refractivity contribution >= 4 is 23.4 Å². The van der Waals surface area contributed by atoms with Crippen molar-refractivity contribution in [1.29, 1.82) is 0 Å². The van der Waals surface area contributed by atoms with Gasteiger partial charge in [0.15, 0.2) is 0 Å². The predicted octanol–water partition coefficient (Wildman–Crippen LogP) is 4.17. The van der Waals surface area contributed by atoms with Gasteiger partial charge in [-0.15, -0.1) is 11.6 Å². The maximum atomic E-state index is 12.6. The summed E-state index contributed by atoms with van der Waals surface area (Å²) >= 11 is 5.54. The summed E-state index contributed by atoms with van der Waals surface area (Å²) in [6, 6.07) is 5.53. The van der Waals surface area contributed by atoms with Gasteiger partial charge in [0.05, 0.1) is 6.61 Å². The number of hydrogen-bond acceptors (Lipinski definition) is 2. The molecule has 1 N–H and O–H groups in total. The monoisotopic (exact) mass is 273 g/mol. The molecule has 0 aromatic heterocycles. The van der Waals surface area contributed by atoms with Crippen LogP contribution in [0.25, 0.3) is 0 Å². The number of rotatable bonds is 7. The third-order valence-corrected chi connectivity index (χ3v) is 2.62. The predicted molar refractivity (Wildman–Crippen MR) is 70.6 cm³/mol. The first kappa shape index (κ1) is 14.8. The van der Waals surface area contributed by atoms with Gasteiger partial charge in [-0.25, -0.2) is 9.18 Å². The molecule has 100 valence electrons. The van der Waals surface area contributed by atoms with E-state index in [9.17, 15) is 9.18 Å². The van der Waals surface area contributed by atoms with Gasteiger partial charge in [0.1, 0.15) is 5.82 Å². The van der Waals surface area contributed by atoms with Crippen LogP contribution in [-0.4, -0.2) is 18.6 Å². The molecule has 3 nitrogen and oxygen atoms in total. The van der Waals surface area contributed by atoms with Crippen molar-refractivity contribution in [3.05, 3.63) is 30.1 Å². The Morgan fingerprint density at radius 2 is 1.83 bits per heavy atom. The highest BCUT2D eigenvalue weighted by Gasteiger charge is 2.02. The van der Waals surface area contributed by atoms with Crippen LogP contribution < -0.4 is 5.32 Å². The fourth-order valence-electron chi connectivity index (χ4n) is 1.40. The van der Waals surface area contributed by atoms with Gasteiger partial charge in [0, 0.05) is 11.6 Å². The highest BCUT2D eigenvalue weighted by atomic mass is 35.5.